The number of nitrogens with zero attached hydrogens (tertiary/aromatic N) is 3. The van der Waals surface area contributed by atoms with Crippen molar-refractivity contribution in [3.8, 4) is 0 Å². The number of hydrogen-bond donors (Lipinski definition) is 0. The van der Waals surface area contributed by atoms with E-state index in [-0.39, 0.29) is 11.6 Å². The summed E-state index contributed by atoms with van der Waals surface area (Å²) in [7, 11) is 0. The fraction of sp³-hybridized carbons (Fsp3) is 0.333. The van der Waals surface area contributed by atoms with E-state index >= 15 is 0 Å². The number of non-ortho nitro benzene ring substituents is 1. The first-order chi connectivity index (χ1) is 10.1. The first-order valence-electron chi connectivity index (χ1n) is 7.01. The highest BCUT2D eigenvalue weighted by Gasteiger charge is 2.30. The smallest absolute Gasteiger partial charge is 0.277 e. The minimum Gasteiger partial charge on any atom is -0.295 e. The lowest BCUT2D eigenvalue weighted by Crippen LogP contribution is -2.31. The molecule has 2 heterocycles. The van der Waals surface area contributed by atoms with Gasteiger partial charge in [0.1, 0.15) is 11.5 Å². The maximum atomic E-state index is 12.3. The molecule has 0 atom stereocenters. The largest absolute Gasteiger partial charge is 0.295 e. The second-order valence-electron chi connectivity index (χ2n) is 5.17. The van der Waals surface area contributed by atoms with E-state index in [1.54, 1.807) is 23.1 Å². The number of rotatable bonds is 2. The number of amides is 1. The van der Waals surface area contributed by atoms with Gasteiger partial charge in [0.2, 0.25) is 0 Å². The monoisotopic (exact) mass is 285 g/mol. The van der Waals surface area contributed by atoms with Gasteiger partial charge in [0.15, 0.2) is 0 Å². The predicted octanol–water partition coefficient (Wildman–Crippen LogP) is 2.75. The Hall–Kier alpha value is -2.50. The van der Waals surface area contributed by atoms with Crippen molar-refractivity contribution in [1.82, 2.24) is 4.90 Å². The molecule has 1 amide bonds. The highest BCUT2D eigenvalue weighted by atomic mass is 16.6. The minimum absolute atomic E-state index is 0.0371. The molecule has 6 nitrogen and oxygen atoms in total. The normalized spacial score (nSPS) is 20.2. The molecule has 0 saturated carbocycles. The summed E-state index contributed by atoms with van der Waals surface area (Å²) in [5, 5.41) is 10.6. The number of nitro groups is 1. The summed E-state index contributed by atoms with van der Waals surface area (Å²) in [6.07, 6.45) is 5.73. The lowest BCUT2D eigenvalue weighted by atomic mass is 10.1. The van der Waals surface area contributed by atoms with E-state index in [4.69, 9.17) is 0 Å². The molecule has 108 valence electrons. The van der Waals surface area contributed by atoms with Gasteiger partial charge in [-0.1, -0.05) is 6.42 Å². The van der Waals surface area contributed by atoms with Crippen molar-refractivity contribution < 1.29 is 9.72 Å². The van der Waals surface area contributed by atoms with E-state index in [0.29, 0.717) is 5.70 Å². The van der Waals surface area contributed by atoms with Gasteiger partial charge in [-0.3, -0.25) is 19.8 Å². The van der Waals surface area contributed by atoms with Crippen LogP contribution >= 0.6 is 0 Å². The molecule has 2 aliphatic rings. The molecule has 21 heavy (non-hydrogen) atoms. The standard InChI is InChI=1S/C15H15N3O3/c19-15-13(16-14-4-2-1-3-9-17(14)15)10-11-5-7-12(8-6-11)18(20)21/h5-8,10H,1-4,9H2. The summed E-state index contributed by atoms with van der Waals surface area (Å²) in [5.74, 6) is 0.788. The maximum absolute atomic E-state index is 12.3. The Bertz CT molecular complexity index is 647. The summed E-state index contributed by atoms with van der Waals surface area (Å²) in [4.78, 5) is 28.7. The van der Waals surface area contributed by atoms with Gasteiger partial charge in [0.25, 0.3) is 11.6 Å². The highest BCUT2D eigenvalue weighted by molar-refractivity contribution is 6.14. The van der Waals surface area contributed by atoms with Crippen molar-refractivity contribution in [2.45, 2.75) is 25.7 Å². The van der Waals surface area contributed by atoms with Crippen LogP contribution < -0.4 is 0 Å². The van der Waals surface area contributed by atoms with E-state index in [0.717, 1.165) is 43.6 Å². The van der Waals surface area contributed by atoms with E-state index in [9.17, 15) is 14.9 Å². The highest BCUT2D eigenvalue weighted by Crippen LogP contribution is 2.24. The SMILES string of the molecule is O=C1C(=Cc2ccc([N+](=O)[O-])cc2)N=C2CCCCCN12. The topological polar surface area (TPSA) is 75.8 Å². The van der Waals surface area contributed by atoms with Crippen LogP contribution in [-0.4, -0.2) is 28.1 Å². The molecule has 0 aliphatic carbocycles. The Morgan fingerprint density at radius 3 is 2.67 bits per heavy atom. The molecule has 0 unspecified atom stereocenters. The van der Waals surface area contributed by atoms with Crippen molar-refractivity contribution in [3.05, 3.63) is 45.6 Å². The van der Waals surface area contributed by atoms with Gasteiger partial charge >= 0.3 is 0 Å². The van der Waals surface area contributed by atoms with Crippen molar-refractivity contribution in [2.75, 3.05) is 6.54 Å². The Kier molecular flexibility index (Phi) is 3.51. The number of carbonyl (C=O) groups excluding carboxylic acids is 1. The zero-order valence-corrected chi connectivity index (χ0v) is 11.5. The number of benzene rings is 1. The molecule has 0 aromatic heterocycles. The van der Waals surface area contributed by atoms with Crippen LogP contribution in [-0.2, 0) is 4.79 Å². The number of carbonyl (C=O) groups is 1. The quantitative estimate of drug-likeness (QED) is 0.476. The van der Waals surface area contributed by atoms with Gasteiger partial charge in [-0.15, -0.1) is 0 Å². The Labute approximate surface area is 121 Å². The van der Waals surface area contributed by atoms with Crippen LogP contribution in [0.2, 0.25) is 0 Å². The summed E-state index contributed by atoms with van der Waals surface area (Å²) in [6, 6.07) is 6.11. The third kappa shape index (κ3) is 2.69. The second kappa shape index (κ2) is 5.47. The van der Waals surface area contributed by atoms with Crippen LogP contribution in [0, 0.1) is 10.1 Å². The lowest BCUT2D eigenvalue weighted by molar-refractivity contribution is -0.384. The number of aliphatic imine (C=N–C) groups is 1. The van der Waals surface area contributed by atoms with Crippen LogP contribution in [0.5, 0.6) is 0 Å². The van der Waals surface area contributed by atoms with Gasteiger partial charge in [0, 0.05) is 25.1 Å². The molecular weight excluding hydrogens is 270 g/mol. The Morgan fingerprint density at radius 2 is 1.95 bits per heavy atom. The van der Waals surface area contributed by atoms with E-state index in [1.807, 2.05) is 0 Å². The maximum Gasteiger partial charge on any atom is 0.277 e. The third-order valence-electron chi connectivity index (χ3n) is 3.71. The number of amidine groups is 1. The fourth-order valence-electron chi connectivity index (χ4n) is 2.60. The molecule has 1 aromatic carbocycles. The van der Waals surface area contributed by atoms with Crippen LogP contribution in [0.25, 0.3) is 6.08 Å². The molecular formula is C15H15N3O3. The molecule has 1 fully saturated rings. The molecule has 0 radical (unpaired) electrons. The Morgan fingerprint density at radius 1 is 1.19 bits per heavy atom. The summed E-state index contributed by atoms with van der Waals surface area (Å²) >= 11 is 0. The molecule has 0 N–H and O–H groups in total. The fourth-order valence-corrected chi connectivity index (χ4v) is 2.60. The summed E-state index contributed by atoms with van der Waals surface area (Å²) < 4.78 is 0. The zero-order chi connectivity index (χ0) is 14.8. The second-order valence-corrected chi connectivity index (χ2v) is 5.17. The van der Waals surface area contributed by atoms with Gasteiger partial charge < -0.3 is 0 Å². The van der Waals surface area contributed by atoms with Gasteiger partial charge in [-0.25, -0.2) is 4.99 Å². The van der Waals surface area contributed by atoms with Crippen molar-refractivity contribution in [3.63, 3.8) is 0 Å². The molecule has 1 aromatic rings. The average molecular weight is 285 g/mol. The molecule has 6 heteroatoms. The molecule has 3 rings (SSSR count). The van der Waals surface area contributed by atoms with E-state index in [1.165, 1.54) is 12.1 Å². The number of fused-ring (bicyclic) bond motifs is 1. The Balaban J connectivity index is 1.86. The van der Waals surface area contributed by atoms with Crippen LogP contribution in [0.15, 0.2) is 35.0 Å². The van der Waals surface area contributed by atoms with Gasteiger partial charge in [-0.05, 0) is 36.6 Å². The first-order valence-corrected chi connectivity index (χ1v) is 7.01. The zero-order valence-electron chi connectivity index (χ0n) is 11.5. The van der Waals surface area contributed by atoms with Gasteiger partial charge in [-0.2, -0.15) is 0 Å². The van der Waals surface area contributed by atoms with Crippen LogP contribution in [0.1, 0.15) is 31.2 Å². The van der Waals surface area contributed by atoms with E-state index < -0.39 is 4.92 Å². The molecule has 0 spiro atoms. The lowest BCUT2D eigenvalue weighted by Gasteiger charge is -2.13. The van der Waals surface area contributed by atoms with E-state index in [2.05, 4.69) is 4.99 Å². The third-order valence-corrected chi connectivity index (χ3v) is 3.71. The van der Waals surface area contributed by atoms with Gasteiger partial charge in [0.05, 0.1) is 4.92 Å². The number of nitro benzene ring substituents is 1. The van der Waals surface area contributed by atoms with Crippen LogP contribution in [0.3, 0.4) is 0 Å². The molecule has 0 bridgehead atoms. The average Bonchev–Trinajstić information content (AvgIpc) is 2.66. The molecule has 2 aliphatic heterocycles. The molecule has 1 saturated heterocycles. The number of hydrogen-bond acceptors (Lipinski definition) is 4. The van der Waals surface area contributed by atoms with Crippen molar-refractivity contribution in [2.24, 2.45) is 4.99 Å². The summed E-state index contributed by atoms with van der Waals surface area (Å²) in [6.45, 7) is 0.731. The first kappa shape index (κ1) is 13.5. The van der Waals surface area contributed by atoms with Crippen LogP contribution in [0.4, 0.5) is 5.69 Å². The van der Waals surface area contributed by atoms with Crippen molar-refractivity contribution >= 4 is 23.5 Å². The minimum atomic E-state index is -0.443. The predicted molar refractivity (Wildman–Crippen MR) is 78.7 cm³/mol. The summed E-state index contributed by atoms with van der Waals surface area (Å²) in [5.41, 5.74) is 1.20. The van der Waals surface area contributed by atoms with Crippen molar-refractivity contribution in [1.29, 1.82) is 0 Å².